The van der Waals surface area contributed by atoms with E-state index in [1.165, 1.54) is 23.7 Å². The van der Waals surface area contributed by atoms with E-state index in [9.17, 15) is 9.59 Å². The van der Waals surface area contributed by atoms with E-state index in [0.29, 0.717) is 11.3 Å². The van der Waals surface area contributed by atoms with Gasteiger partial charge in [0, 0.05) is 35.5 Å². The van der Waals surface area contributed by atoms with Crippen molar-refractivity contribution in [1.82, 2.24) is 25.0 Å². The molecule has 0 unspecified atom stereocenters. The Bertz CT molecular complexity index is 1500. The van der Waals surface area contributed by atoms with Gasteiger partial charge in [-0.25, -0.2) is 4.68 Å². The summed E-state index contributed by atoms with van der Waals surface area (Å²) in [6.07, 6.45) is 5.44. The first kappa shape index (κ1) is 26.4. The van der Waals surface area contributed by atoms with Crippen LogP contribution in [-0.2, 0) is 16.3 Å². The molecule has 0 aliphatic rings. The fourth-order valence-corrected chi connectivity index (χ4v) is 4.54. The number of pyridine rings is 1. The van der Waals surface area contributed by atoms with Crippen molar-refractivity contribution in [3.05, 3.63) is 83.8 Å². The predicted octanol–water partition coefficient (Wildman–Crippen LogP) is 3.44. The zero-order valence-electron chi connectivity index (χ0n) is 20.9. The van der Waals surface area contributed by atoms with E-state index in [0.717, 1.165) is 26.4 Å². The van der Waals surface area contributed by atoms with Crippen LogP contribution in [0.2, 0.25) is 0 Å². The van der Waals surface area contributed by atoms with Gasteiger partial charge in [0.05, 0.1) is 22.5 Å². The second-order valence-corrected chi connectivity index (χ2v) is 9.33. The van der Waals surface area contributed by atoms with Crippen molar-refractivity contribution >= 4 is 52.7 Å². The Hall–Kier alpha value is -4.64. The lowest BCUT2D eigenvalue weighted by Crippen LogP contribution is -2.37. The summed E-state index contributed by atoms with van der Waals surface area (Å²) >= 11 is 1.46. The summed E-state index contributed by atoms with van der Waals surface area (Å²) in [5.41, 5.74) is 8.21. The van der Waals surface area contributed by atoms with Crippen LogP contribution in [0, 0.1) is 5.41 Å². The highest BCUT2D eigenvalue weighted by Gasteiger charge is 2.15. The highest BCUT2D eigenvalue weighted by atomic mass is 32.2. The van der Waals surface area contributed by atoms with Crippen molar-refractivity contribution in [1.29, 1.82) is 5.41 Å². The minimum absolute atomic E-state index is 0.124. The Labute approximate surface area is 224 Å². The van der Waals surface area contributed by atoms with Crippen molar-refractivity contribution in [3.63, 3.8) is 0 Å². The zero-order chi connectivity index (χ0) is 27.1. The number of ether oxygens (including phenoxy) is 1. The summed E-state index contributed by atoms with van der Waals surface area (Å²) in [4.78, 5) is 31.9. The van der Waals surface area contributed by atoms with Gasteiger partial charge in [-0.2, -0.15) is 5.10 Å². The SMILES string of the molecule is CNC(=O)c1ccccc1Sc1ccc2c(/C=C/c3ccccn3)nn(COC(=O)CN(C)C(=N)N)c2c1. The number of guanidine groups is 1. The number of nitrogens with two attached hydrogens (primary N) is 1. The molecule has 0 aliphatic heterocycles. The monoisotopic (exact) mass is 529 g/mol. The summed E-state index contributed by atoms with van der Waals surface area (Å²) in [6.45, 7) is -0.278. The van der Waals surface area contributed by atoms with E-state index in [-0.39, 0.29) is 25.1 Å². The van der Waals surface area contributed by atoms with Crippen LogP contribution in [0.25, 0.3) is 23.1 Å². The van der Waals surface area contributed by atoms with Gasteiger partial charge in [-0.1, -0.05) is 30.0 Å². The number of amides is 1. The van der Waals surface area contributed by atoms with Crippen molar-refractivity contribution in [2.45, 2.75) is 16.5 Å². The molecule has 4 rings (SSSR count). The molecule has 11 heteroatoms. The van der Waals surface area contributed by atoms with Gasteiger partial charge in [-0.05, 0) is 54.6 Å². The van der Waals surface area contributed by atoms with Crippen LogP contribution >= 0.6 is 11.8 Å². The number of carbonyl (C=O) groups is 2. The molecule has 0 saturated carbocycles. The molecule has 1 amide bonds. The number of hydrogen-bond donors (Lipinski definition) is 3. The third-order valence-electron chi connectivity index (χ3n) is 5.56. The molecule has 0 spiro atoms. The van der Waals surface area contributed by atoms with Gasteiger partial charge in [0.25, 0.3) is 5.91 Å². The van der Waals surface area contributed by atoms with Crippen molar-refractivity contribution in [2.24, 2.45) is 5.73 Å². The Morgan fingerprint density at radius 1 is 1.16 bits per heavy atom. The summed E-state index contributed by atoms with van der Waals surface area (Å²) in [5, 5.41) is 15.6. The first-order valence-corrected chi connectivity index (χ1v) is 12.5. The standard InChI is InChI=1S/C27H27N7O3S/c1-30-26(36)21-8-3-4-9-24(21)38-19-11-12-20-22(13-10-18-7-5-6-14-31-18)32-34(23(20)15-19)17-37-25(35)16-33(2)27(28)29/h3-15H,16-17H2,1-2H3,(H3,28,29)(H,30,36)/b13-10+. The molecule has 0 radical (unpaired) electrons. The predicted molar refractivity (Wildman–Crippen MR) is 147 cm³/mol. The molecule has 10 nitrogen and oxygen atoms in total. The number of aromatic nitrogens is 3. The smallest absolute Gasteiger partial charge is 0.327 e. The van der Waals surface area contributed by atoms with E-state index in [4.69, 9.17) is 15.9 Å². The Kier molecular flexibility index (Phi) is 8.39. The van der Waals surface area contributed by atoms with Crippen molar-refractivity contribution in [3.8, 4) is 0 Å². The topological polar surface area (TPSA) is 139 Å². The average Bonchev–Trinajstić information content (AvgIpc) is 3.27. The van der Waals surface area contributed by atoms with Gasteiger partial charge in [0.2, 0.25) is 0 Å². The van der Waals surface area contributed by atoms with Crippen molar-refractivity contribution < 1.29 is 14.3 Å². The number of rotatable bonds is 9. The molecule has 2 aromatic heterocycles. The lowest BCUT2D eigenvalue weighted by molar-refractivity contribution is -0.147. The van der Waals surface area contributed by atoms with E-state index in [2.05, 4.69) is 15.4 Å². The number of fused-ring (bicyclic) bond motifs is 1. The molecule has 0 saturated heterocycles. The highest BCUT2D eigenvalue weighted by Crippen LogP contribution is 2.33. The summed E-state index contributed by atoms with van der Waals surface area (Å²) < 4.78 is 7.03. The highest BCUT2D eigenvalue weighted by molar-refractivity contribution is 7.99. The number of likely N-dealkylation sites (N-methyl/N-ethyl adjacent to an activating group) is 1. The molecule has 4 aromatic rings. The van der Waals surface area contributed by atoms with Gasteiger partial charge in [-0.15, -0.1) is 0 Å². The van der Waals surface area contributed by atoms with Gasteiger partial charge >= 0.3 is 5.97 Å². The first-order valence-electron chi connectivity index (χ1n) is 11.6. The van der Waals surface area contributed by atoms with Crippen LogP contribution in [0.3, 0.4) is 0 Å². The van der Waals surface area contributed by atoms with Gasteiger partial charge in [0.15, 0.2) is 12.7 Å². The largest absolute Gasteiger partial charge is 0.441 e. The van der Waals surface area contributed by atoms with E-state index in [1.807, 2.05) is 66.7 Å². The maximum atomic E-state index is 12.3. The van der Waals surface area contributed by atoms with Crippen LogP contribution < -0.4 is 11.1 Å². The molecule has 0 fully saturated rings. The average molecular weight is 530 g/mol. The summed E-state index contributed by atoms with van der Waals surface area (Å²) in [5.74, 6) is -0.933. The number of nitrogens with one attached hydrogen (secondary N) is 2. The third kappa shape index (κ3) is 6.37. The second-order valence-electron chi connectivity index (χ2n) is 8.22. The van der Waals surface area contributed by atoms with Crippen LogP contribution in [0.1, 0.15) is 21.7 Å². The van der Waals surface area contributed by atoms with Gasteiger partial charge in [-0.3, -0.25) is 20.0 Å². The number of nitrogens with zero attached hydrogens (tertiary/aromatic N) is 4. The Morgan fingerprint density at radius 3 is 2.68 bits per heavy atom. The molecule has 2 heterocycles. The zero-order valence-corrected chi connectivity index (χ0v) is 21.7. The van der Waals surface area contributed by atoms with Crippen LogP contribution in [0.5, 0.6) is 0 Å². The fourth-order valence-electron chi connectivity index (χ4n) is 3.57. The molecule has 4 N–H and O–H groups in total. The molecular formula is C27H27N7O3S. The minimum atomic E-state index is -0.540. The Morgan fingerprint density at radius 2 is 1.95 bits per heavy atom. The van der Waals surface area contributed by atoms with E-state index >= 15 is 0 Å². The normalized spacial score (nSPS) is 11.0. The number of benzene rings is 2. The lowest BCUT2D eigenvalue weighted by Gasteiger charge is -2.15. The molecule has 0 atom stereocenters. The second kappa shape index (κ2) is 12.1. The molecule has 0 aliphatic carbocycles. The van der Waals surface area contributed by atoms with Gasteiger partial charge < -0.3 is 20.7 Å². The maximum absolute atomic E-state index is 12.3. The lowest BCUT2D eigenvalue weighted by atomic mass is 10.2. The maximum Gasteiger partial charge on any atom is 0.327 e. The third-order valence-corrected chi connectivity index (χ3v) is 6.63. The minimum Gasteiger partial charge on any atom is -0.441 e. The number of carbonyl (C=O) groups excluding carboxylic acids is 2. The first-order chi connectivity index (χ1) is 18.4. The molecule has 0 bridgehead atoms. The van der Waals surface area contributed by atoms with E-state index in [1.54, 1.807) is 24.0 Å². The van der Waals surface area contributed by atoms with E-state index < -0.39 is 5.97 Å². The summed E-state index contributed by atoms with van der Waals surface area (Å²) in [7, 11) is 3.14. The van der Waals surface area contributed by atoms with Crippen LogP contribution in [0.15, 0.2) is 76.7 Å². The molecular weight excluding hydrogens is 502 g/mol. The Balaban J connectivity index is 1.66. The molecule has 2 aromatic carbocycles. The van der Waals surface area contributed by atoms with Gasteiger partial charge in [0.1, 0.15) is 6.54 Å². The summed E-state index contributed by atoms with van der Waals surface area (Å²) in [6, 6.07) is 18.9. The number of esters is 1. The molecule has 194 valence electrons. The van der Waals surface area contributed by atoms with Crippen LogP contribution in [-0.4, -0.2) is 58.1 Å². The van der Waals surface area contributed by atoms with Crippen LogP contribution in [0.4, 0.5) is 0 Å². The number of hydrogen-bond acceptors (Lipinski definition) is 7. The fraction of sp³-hybridized carbons (Fsp3) is 0.148. The van der Waals surface area contributed by atoms with Crippen molar-refractivity contribution in [2.75, 3.05) is 20.6 Å². The molecule has 38 heavy (non-hydrogen) atoms. The quantitative estimate of drug-likeness (QED) is 0.170.